The highest BCUT2D eigenvalue weighted by atomic mass is 35.5. The Labute approximate surface area is 219 Å². The zero-order valence-electron chi connectivity index (χ0n) is 19.7. The van der Waals surface area contributed by atoms with Gasteiger partial charge in [-0.1, -0.05) is 61.3 Å². The summed E-state index contributed by atoms with van der Waals surface area (Å²) in [7, 11) is 0. The van der Waals surface area contributed by atoms with E-state index in [-0.39, 0.29) is 34.2 Å². The standard InChI is InChI=1S/C28H25Cl2NO5/c1-16(2)15-36-21-10-3-17(4-11-21)14-31-25(18-5-8-20(32)9-6-18)24(27(34)28(31)35)26(33)19-7-12-22(29)23(30)13-19/h3-13,16,25,32-33H,14-15H2,1-2H3/b26-24-. The number of rotatable bonds is 7. The molecule has 3 aromatic carbocycles. The molecule has 0 radical (unpaired) electrons. The monoisotopic (exact) mass is 525 g/mol. The van der Waals surface area contributed by atoms with Crippen LogP contribution < -0.4 is 4.74 Å². The summed E-state index contributed by atoms with van der Waals surface area (Å²) in [6, 6.07) is 17.1. The Bertz CT molecular complexity index is 1320. The number of ether oxygens (including phenoxy) is 1. The summed E-state index contributed by atoms with van der Waals surface area (Å²) in [4.78, 5) is 27.8. The predicted octanol–water partition coefficient (Wildman–Crippen LogP) is 6.36. The topological polar surface area (TPSA) is 87.1 Å². The molecule has 1 aliphatic heterocycles. The number of hydrogen-bond acceptors (Lipinski definition) is 5. The second kappa shape index (κ2) is 10.6. The highest BCUT2D eigenvalue weighted by Gasteiger charge is 2.46. The third kappa shape index (κ3) is 5.35. The summed E-state index contributed by atoms with van der Waals surface area (Å²) < 4.78 is 5.73. The highest BCUT2D eigenvalue weighted by Crippen LogP contribution is 2.41. The van der Waals surface area contributed by atoms with Crippen LogP contribution in [0.5, 0.6) is 11.5 Å². The number of aliphatic hydroxyl groups is 1. The molecule has 4 rings (SSSR count). The lowest BCUT2D eigenvalue weighted by Gasteiger charge is -2.25. The van der Waals surface area contributed by atoms with Crippen molar-refractivity contribution in [1.82, 2.24) is 4.90 Å². The number of amides is 1. The Hall–Kier alpha value is -3.48. The summed E-state index contributed by atoms with van der Waals surface area (Å²) in [6.45, 7) is 4.83. The van der Waals surface area contributed by atoms with Crippen molar-refractivity contribution in [3.8, 4) is 11.5 Å². The fourth-order valence-electron chi connectivity index (χ4n) is 4.00. The fourth-order valence-corrected chi connectivity index (χ4v) is 4.29. The van der Waals surface area contributed by atoms with Gasteiger partial charge < -0.3 is 19.8 Å². The third-order valence-electron chi connectivity index (χ3n) is 5.80. The van der Waals surface area contributed by atoms with E-state index in [0.29, 0.717) is 28.9 Å². The lowest BCUT2D eigenvalue weighted by Crippen LogP contribution is -2.29. The Kier molecular flexibility index (Phi) is 7.57. The SMILES string of the molecule is CC(C)COc1ccc(CN2C(=O)C(=O)/C(=C(\O)c3ccc(Cl)c(Cl)c3)C2c2ccc(O)cc2)cc1. The molecule has 186 valence electrons. The van der Waals surface area contributed by atoms with Crippen LogP contribution in [0.25, 0.3) is 5.76 Å². The number of nitrogens with zero attached hydrogens (tertiary/aromatic N) is 1. The average Bonchev–Trinajstić information content (AvgIpc) is 3.10. The molecule has 6 nitrogen and oxygen atoms in total. The van der Waals surface area contributed by atoms with Gasteiger partial charge in [-0.25, -0.2) is 0 Å². The van der Waals surface area contributed by atoms with Gasteiger partial charge in [-0.15, -0.1) is 0 Å². The maximum atomic E-state index is 13.2. The van der Waals surface area contributed by atoms with Gasteiger partial charge in [0.05, 0.1) is 28.3 Å². The number of carbonyl (C=O) groups excluding carboxylic acids is 2. The van der Waals surface area contributed by atoms with Crippen molar-refractivity contribution in [3.63, 3.8) is 0 Å². The van der Waals surface area contributed by atoms with Crippen LogP contribution >= 0.6 is 23.2 Å². The van der Waals surface area contributed by atoms with Gasteiger partial charge in [0.25, 0.3) is 11.7 Å². The molecule has 36 heavy (non-hydrogen) atoms. The first-order valence-corrected chi connectivity index (χ1v) is 12.2. The van der Waals surface area contributed by atoms with E-state index in [1.54, 1.807) is 12.1 Å². The molecular weight excluding hydrogens is 501 g/mol. The van der Waals surface area contributed by atoms with Crippen molar-refractivity contribution < 1.29 is 24.5 Å². The number of aromatic hydroxyl groups is 1. The Morgan fingerprint density at radius 3 is 2.25 bits per heavy atom. The number of Topliss-reactive ketones (excluding diaryl/α,β-unsaturated/α-hetero) is 1. The molecule has 0 spiro atoms. The van der Waals surface area contributed by atoms with E-state index in [9.17, 15) is 19.8 Å². The predicted molar refractivity (Wildman–Crippen MR) is 139 cm³/mol. The normalized spacial score (nSPS) is 17.1. The number of carbonyl (C=O) groups is 2. The van der Waals surface area contributed by atoms with Crippen LogP contribution in [-0.4, -0.2) is 33.4 Å². The van der Waals surface area contributed by atoms with Gasteiger partial charge in [-0.3, -0.25) is 9.59 Å². The van der Waals surface area contributed by atoms with Crippen LogP contribution in [-0.2, 0) is 16.1 Å². The number of hydrogen-bond donors (Lipinski definition) is 2. The van der Waals surface area contributed by atoms with Crippen LogP contribution in [0.2, 0.25) is 10.0 Å². The van der Waals surface area contributed by atoms with Crippen molar-refractivity contribution >= 4 is 40.7 Å². The van der Waals surface area contributed by atoms with E-state index < -0.39 is 17.7 Å². The maximum Gasteiger partial charge on any atom is 0.295 e. The molecule has 3 aromatic rings. The molecule has 1 atom stereocenters. The van der Waals surface area contributed by atoms with E-state index >= 15 is 0 Å². The first-order chi connectivity index (χ1) is 17.2. The third-order valence-corrected chi connectivity index (χ3v) is 6.54. The quantitative estimate of drug-likeness (QED) is 0.213. The molecule has 1 saturated heterocycles. The van der Waals surface area contributed by atoms with Gasteiger partial charge in [0.1, 0.15) is 17.3 Å². The van der Waals surface area contributed by atoms with Crippen molar-refractivity contribution in [2.75, 3.05) is 6.61 Å². The number of phenolic OH excluding ortho intramolecular Hbond substituents is 1. The van der Waals surface area contributed by atoms with Crippen molar-refractivity contribution in [3.05, 3.63) is 99.0 Å². The van der Waals surface area contributed by atoms with Gasteiger partial charge >= 0.3 is 0 Å². The summed E-state index contributed by atoms with van der Waals surface area (Å²) >= 11 is 12.1. The van der Waals surface area contributed by atoms with E-state index in [4.69, 9.17) is 27.9 Å². The number of ketones is 1. The van der Waals surface area contributed by atoms with E-state index in [1.807, 2.05) is 24.3 Å². The Morgan fingerprint density at radius 2 is 1.64 bits per heavy atom. The minimum atomic E-state index is -0.878. The average molecular weight is 526 g/mol. The molecular formula is C28H25Cl2NO5. The van der Waals surface area contributed by atoms with Crippen molar-refractivity contribution in [2.45, 2.75) is 26.4 Å². The van der Waals surface area contributed by atoms with Gasteiger partial charge in [0, 0.05) is 12.1 Å². The van der Waals surface area contributed by atoms with Gasteiger partial charge in [-0.05, 0) is 59.5 Å². The van der Waals surface area contributed by atoms with Crippen LogP contribution in [0.3, 0.4) is 0 Å². The molecule has 0 aromatic heterocycles. The van der Waals surface area contributed by atoms with Gasteiger partial charge in [0.2, 0.25) is 0 Å². The zero-order chi connectivity index (χ0) is 26.0. The number of likely N-dealkylation sites (tertiary alicyclic amines) is 1. The second-order valence-corrected chi connectivity index (χ2v) is 9.81. The summed E-state index contributed by atoms with van der Waals surface area (Å²) in [6.07, 6.45) is 0. The molecule has 0 bridgehead atoms. The largest absolute Gasteiger partial charge is 0.508 e. The van der Waals surface area contributed by atoms with Crippen LogP contribution in [0.4, 0.5) is 0 Å². The smallest absolute Gasteiger partial charge is 0.295 e. The summed E-state index contributed by atoms with van der Waals surface area (Å²) in [5.74, 6) is -0.771. The Balaban J connectivity index is 1.74. The minimum absolute atomic E-state index is 0.0390. The molecule has 0 aliphatic carbocycles. The molecule has 1 unspecified atom stereocenters. The van der Waals surface area contributed by atoms with Crippen LogP contribution in [0.1, 0.15) is 36.6 Å². The molecule has 8 heteroatoms. The maximum absolute atomic E-state index is 13.2. The van der Waals surface area contributed by atoms with Crippen LogP contribution in [0.15, 0.2) is 72.3 Å². The molecule has 2 N–H and O–H groups in total. The van der Waals surface area contributed by atoms with Crippen LogP contribution in [0, 0.1) is 5.92 Å². The molecule has 1 fully saturated rings. The number of benzene rings is 3. The lowest BCUT2D eigenvalue weighted by molar-refractivity contribution is -0.140. The van der Waals surface area contributed by atoms with Gasteiger partial charge in [0.15, 0.2) is 0 Å². The van der Waals surface area contributed by atoms with Crippen molar-refractivity contribution in [2.24, 2.45) is 5.92 Å². The zero-order valence-corrected chi connectivity index (χ0v) is 21.3. The first kappa shape index (κ1) is 25.6. The number of phenols is 1. The Morgan fingerprint density at radius 1 is 0.972 bits per heavy atom. The molecule has 1 aliphatic rings. The highest BCUT2D eigenvalue weighted by molar-refractivity contribution is 6.46. The van der Waals surface area contributed by atoms with E-state index in [0.717, 1.165) is 5.56 Å². The number of halogens is 2. The van der Waals surface area contributed by atoms with E-state index in [2.05, 4.69) is 13.8 Å². The van der Waals surface area contributed by atoms with Crippen molar-refractivity contribution in [1.29, 1.82) is 0 Å². The molecule has 1 heterocycles. The first-order valence-electron chi connectivity index (χ1n) is 11.4. The molecule has 1 amide bonds. The van der Waals surface area contributed by atoms with Gasteiger partial charge in [-0.2, -0.15) is 0 Å². The molecule has 0 saturated carbocycles. The lowest BCUT2D eigenvalue weighted by atomic mass is 9.95. The minimum Gasteiger partial charge on any atom is -0.508 e. The second-order valence-electron chi connectivity index (χ2n) is 9.00. The van der Waals surface area contributed by atoms with E-state index in [1.165, 1.54) is 35.2 Å². The summed E-state index contributed by atoms with van der Waals surface area (Å²) in [5.41, 5.74) is 1.54. The number of aliphatic hydroxyl groups excluding tert-OH is 1. The fraction of sp³-hybridized carbons (Fsp3) is 0.214. The summed E-state index contributed by atoms with van der Waals surface area (Å²) in [5, 5.41) is 21.4.